The Labute approximate surface area is 260 Å². The van der Waals surface area contributed by atoms with E-state index in [1.807, 2.05) is 0 Å². The lowest BCUT2D eigenvalue weighted by atomic mass is 10.0. The Morgan fingerprint density at radius 2 is 1.65 bits per heavy atom. The van der Waals surface area contributed by atoms with Crippen molar-refractivity contribution in [2.24, 2.45) is 0 Å². The lowest BCUT2D eigenvalue weighted by Crippen LogP contribution is -2.45. The van der Waals surface area contributed by atoms with Crippen LogP contribution in [0.25, 0.3) is 11.1 Å². The molecule has 0 aliphatic carbocycles. The minimum absolute atomic E-state index is 0.0504. The van der Waals surface area contributed by atoms with E-state index in [2.05, 4.69) is 5.32 Å². The zero-order valence-corrected chi connectivity index (χ0v) is 25.0. The summed E-state index contributed by atoms with van der Waals surface area (Å²) in [6.45, 7) is 0.362. The van der Waals surface area contributed by atoms with Gasteiger partial charge in [0.15, 0.2) is 11.6 Å². The lowest BCUT2D eigenvalue weighted by molar-refractivity contribution is -0.138. The van der Waals surface area contributed by atoms with Crippen molar-refractivity contribution in [3.8, 4) is 16.9 Å². The van der Waals surface area contributed by atoms with E-state index in [1.165, 1.54) is 32.2 Å². The number of nitrogens with one attached hydrogen (secondary N) is 1. The van der Waals surface area contributed by atoms with Crippen LogP contribution in [-0.2, 0) is 24.1 Å². The highest BCUT2D eigenvalue weighted by Gasteiger charge is 2.35. The summed E-state index contributed by atoms with van der Waals surface area (Å²) in [5.74, 6) is -3.30. The molecule has 0 saturated carbocycles. The molecule has 0 amide bonds. The second kappa shape index (κ2) is 14.5. The molecule has 0 spiro atoms. The third-order valence-electron chi connectivity index (χ3n) is 7.66. The van der Waals surface area contributed by atoms with Crippen LogP contribution in [-0.4, -0.2) is 33.9 Å². The van der Waals surface area contributed by atoms with Crippen molar-refractivity contribution in [2.45, 2.75) is 51.5 Å². The van der Waals surface area contributed by atoms with Crippen molar-refractivity contribution in [3.05, 3.63) is 122 Å². The van der Waals surface area contributed by atoms with Gasteiger partial charge in [0.25, 0.3) is 5.56 Å². The van der Waals surface area contributed by atoms with Gasteiger partial charge in [0.2, 0.25) is 0 Å². The predicted octanol–water partition coefficient (Wildman–Crippen LogP) is 5.93. The summed E-state index contributed by atoms with van der Waals surface area (Å²) in [6.07, 6.45) is -4.18. The summed E-state index contributed by atoms with van der Waals surface area (Å²) in [5.41, 5.74) is -4.14. The first-order chi connectivity index (χ1) is 21.8. The fraction of sp³-hybridized carbons (Fsp3) is 0.303. The van der Waals surface area contributed by atoms with Gasteiger partial charge in [0.1, 0.15) is 5.82 Å². The van der Waals surface area contributed by atoms with E-state index < -0.39 is 58.7 Å². The third-order valence-corrected chi connectivity index (χ3v) is 7.66. The normalized spacial score (nSPS) is 12.2. The van der Waals surface area contributed by atoms with Gasteiger partial charge in [-0.05, 0) is 50.1 Å². The summed E-state index contributed by atoms with van der Waals surface area (Å²) in [6, 6.07) is 14.5. The Morgan fingerprint density at radius 3 is 2.30 bits per heavy atom. The third kappa shape index (κ3) is 7.53. The number of nitrogens with zero attached hydrogens (tertiary/aromatic N) is 2. The Bertz CT molecular complexity index is 1820. The highest BCUT2D eigenvalue weighted by Crippen LogP contribution is 2.34. The second-order valence-corrected chi connectivity index (χ2v) is 10.6. The SMILES string of the molecule is COc1cccc(-c2c(C)n(Cc3c(F)cccc3C(F)(F)F)c(=O)n(C[C@H](NCCCCC(=O)O)c3ccccc3)c2=O)c1F. The summed E-state index contributed by atoms with van der Waals surface area (Å²) in [7, 11) is 1.22. The van der Waals surface area contributed by atoms with Crippen molar-refractivity contribution in [1.29, 1.82) is 0 Å². The Kier molecular flexibility index (Phi) is 10.8. The molecule has 244 valence electrons. The smallest absolute Gasteiger partial charge is 0.416 e. The molecule has 0 fully saturated rings. The highest BCUT2D eigenvalue weighted by atomic mass is 19.4. The minimum atomic E-state index is -4.95. The van der Waals surface area contributed by atoms with E-state index in [0.29, 0.717) is 31.0 Å². The number of hydrogen-bond acceptors (Lipinski definition) is 5. The number of aliphatic carboxylic acids is 1. The standard InChI is InChI=1S/C33H32F5N3O5/c1-20-29(22-12-8-15-27(46-2)30(22)35)31(44)41(19-26(21-10-4-3-5-11-21)39-17-7-6-16-28(42)43)32(45)40(20)18-23-24(33(36,37)38)13-9-14-25(23)34/h3-5,8-15,26,39H,6-7,16-19H2,1-2H3,(H,42,43)/t26-/m0/s1. The number of carboxylic acid groups (broad SMARTS) is 1. The number of carboxylic acids is 1. The zero-order valence-electron chi connectivity index (χ0n) is 25.0. The van der Waals surface area contributed by atoms with Gasteiger partial charge in [-0.1, -0.05) is 48.5 Å². The number of ether oxygens (including phenoxy) is 1. The molecule has 4 rings (SSSR count). The van der Waals surface area contributed by atoms with Crippen molar-refractivity contribution in [3.63, 3.8) is 0 Å². The number of benzene rings is 3. The summed E-state index contributed by atoms with van der Waals surface area (Å²) in [4.78, 5) is 39.0. The van der Waals surface area contributed by atoms with Gasteiger partial charge >= 0.3 is 17.8 Å². The second-order valence-electron chi connectivity index (χ2n) is 10.6. The predicted molar refractivity (Wildman–Crippen MR) is 161 cm³/mol. The molecule has 0 saturated heterocycles. The Hall–Kier alpha value is -4.78. The van der Waals surface area contributed by atoms with E-state index >= 15 is 4.39 Å². The Morgan fingerprint density at radius 1 is 0.957 bits per heavy atom. The average Bonchev–Trinajstić information content (AvgIpc) is 3.01. The molecular weight excluding hydrogens is 613 g/mol. The number of aromatic nitrogens is 2. The van der Waals surface area contributed by atoms with Gasteiger partial charge in [-0.15, -0.1) is 0 Å². The average molecular weight is 646 g/mol. The van der Waals surface area contributed by atoms with Crippen molar-refractivity contribution >= 4 is 5.97 Å². The summed E-state index contributed by atoms with van der Waals surface area (Å²) in [5, 5.41) is 12.2. The van der Waals surface area contributed by atoms with Crippen molar-refractivity contribution < 1.29 is 36.6 Å². The molecule has 2 N–H and O–H groups in total. The first-order valence-corrected chi connectivity index (χ1v) is 14.4. The van der Waals surface area contributed by atoms with Crippen LogP contribution in [0.2, 0.25) is 0 Å². The van der Waals surface area contributed by atoms with Crippen LogP contribution in [0, 0.1) is 18.6 Å². The molecule has 0 bridgehead atoms. The number of halogens is 5. The lowest BCUT2D eigenvalue weighted by Gasteiger charge is -2.24. The molecule has 3 aromatic carbocycles. The number of carbonyl (C=O) groups is 1. The van der Waals surface area contributed by atoms with E-state index in [0.717, 1.165) is 21.3 Å². The van der Waals surface area contributed by atoms with E-state index in [1.54, 1.807) is 30.3 Å². The van der Waals surface area contributed by atoms with Crippen molar-refractivity contribution in [2.75, 3.05) is 13.7 Å². The molecule has 1 heterocycles. The number of unbranched alkanes of at least 4 members (excludes halogenated alkanes) is 1. The number of hydrogen-bond donors (Lipinski definition) is 2. The maximum atomic E-state index is 15.6. The van der Waals surface area contributed by atoms with Crippen LogP contribution in [0.5, 0.6) is 5.75 Å². The van der Waals surface area contributed by atoms with Crippen LogP contribution in [0.4, 0.5) is 22.0 Å². The first kappa shape index (κ1) is 34.1. The van der Waals surface area contributed by atoms with Gasteiger partial charge in [-0.3, -0.25) is 18.7 Å². The monoisotopic (exact) mass is 645 g/mol. The fourth-order valence-corrected chi connectivity index (χ4v) is 5.30. The van der Waals surface area contributed by atoms with E-state index in [4.69, 9.17) is 9.84 Å². The minimum Gasteiger partial charge on any atom is -0.494 e. The molecule has 46 heavy (non-hydrogen) atoms. The number of rotatable bonds is 13. The molecule has 0 aliphatic heterocycles. The quantitative estimate of drug-likeness (QED) is 0.138. The zero-order chi connectivity index (χ0) is 33.6. The molecule has 1 atom stereocenters. The van der Waals surface area contributed by atoms with Gasteiger partial charge in [0, 0.05) is 23.2 Å². The maximum absolute atomic E-state index is 15.6. The Balaban J connectivity index is 1.92. The molecular formula is C33H32F5N3O5. The van der Waals surface area contributed by atoms with Crippen LogP contribution in [0.15, 0.2) is 76.3 Å². The van der Waals surface area contributed by atoms with Gasteiger partial charge in [-0.2, -0.15) is 13.2 Å². The molecule has 0 radical (unpaired) electrons. The first-order valence-electron chi connectivity index (χ1n) is 14.4. The van der Waals surface area contributed by atoms with Gasteiger partial charge in [-0.25, -0.2) is 13.6 Å². The molecule has 0 aliphatic rings. The van der Waals surface area contributed by atoms with Crippen LogP contribution in [0.1, 0.15) is 47.7 Å². The molecule has 0 unspecified atom stereocenters. The largest absolute Gasteiger partial charge is 0.494 e. The fourth-order valence-electron chi connectivity index (χ4n) is 5.30. The summed E-state index contributed by atoms with van der Waals surface area (Å²) < 4.78 is 79.0. The van der Waals surface area contributed by atoms with Crippen molar-refractivity contribution in [1.82, 2.24) is 14.5 Å². The van der Waals surface area contributed by atoms with Crippen LogP contribution < -0.4 is 21.3 Å². The molecule has 1 aromatic heterocycles. The summed E-state index contributed by atoms with van der Waals surface area (Å²) >= 11 is 0. The van der Waals surface area contributed by atoms with Crippen LogP contribution >= 0.6 is 0 Å². The number of alkyl halides is 3. The number of methoxy groups -OCH3 is 1. The van der Waals surface area contributed by atoms with Gasteiger partial charge in [0.05, 0.1) is 37.4 Å². The van der Waals surface area contributed by atoms with E-state index in [-0.39, 0.29) is 35.5 Å². The topological polar surface area (TPSA) is 103 Å². The van der Waals surface area contributed by atoms with E-state index in [9.17, 15) is 31.9 Å². The van der Waals surface area contributed by atoms with Gasteiger partial charge < -0.3 is 15.2 Å². The maximum Gasteiger partial charge on any atom is 0.416 e. The molecule has 4 aromatic rings. The van der Waals surface area contributed by atoms with Crippen LogP contribution in [0.3, 0.4) is 0 Å². The molecule has 13 heteroatoms. The highest BCUT2D eigenvalue weighted by molar-refractivity contribution is 5.67. The molecule has 8 nitrogen and oxygen atoms in total.